The Bertz CT molecular complexity index is 774. The molecule has 2 aromatic rings. The van der Waals surface area contributed by atoms with E-state index in [4.69, 9.17) is 14.5 Å². The van der Waals surface area contributed by atoms with Gasteiger partial charge in [-0.25, -0.2) is 4.98 Å². The summed E-state index contributed by atoms with van der Waals surface area (Å²) in [6.45, 7) is 6.13. The highest BCUT2D eigenvalue weighted by Crippen LogP contribution is 2.29. The fraction of sp³-hybridized carbons (Fsp3) is 0.619. The van der Waals surface area contributed by atoms with Crippen LogP contribution in [0.25, 0.3) is 11.0 Å². The summed E-state index contributed by atoms with van der Waals surface area (Å²) in [6.07, 6.45) is 3.90. The van der Waals surface area contributed by atoms with E-state index < -0.39 is 0 Å². The molecule has 2 fully saturated rings. The molecule has 27 heavy (non-hydrogen) atoms. The van der Waals surface area contributed by atoms with Crippen molar-refractivity contribution >= 4 is 16.9 Å². The van der Waals surface area contributed by atoms with Gasteiger partial charge >= 0.3 is 0 Å². The molecule has 0 aliphatic carbocycles. The zero-order valence-corrected chi connectivity index (χ0v) is 16.1. The first-order valence-corrected chi connectivity index (χ1v) is 10.2. The number of para-hydroxylation sites is 2. The topological polar surface area (TPSA) is 56.6 Å². The number of hydrogen-bond donors (Lipinski definition) is 0. The van der Waals surface area contributed by atoms with Crippen LogP contribution in [0, 0.1) is 5.92 Å². The maximum Gasteiger partial charge on any atom is 0.248 e. The van der Waals surface area contributed by atoms with E-state index in [1.54, 1.807) is 0 Å². The second kappa shape index (κ2) is 8.40. The third kappa shape index (κ3) is 4.01. The van der Waals surface area contributed by atoms with Crippen LogP contribution >= 0.6 is 0 Å². The van der Waals surface area contributed by atoms with Gasteiger partial charge in [0, 0.05) is 38.1 Å². The van der Waals surface area contributed by atoms with Crippen LogP contribution in [-0.4, -0.2) is 59.9 Å². The summed E-state index contributed by atoms with van der Waals surface area (Å²) in [5, 5.41) is 0. The predicted octanol–water partition coefficient (Wildman–Crippen LogP) is 2.82. The molecule has 1 aromatic heterocycles. The number of piperidine rings is 1. The number of hydrogen-bond acceptors (Lipinski definition) is 4. The zero-order valence-electron chi connectivity index (χ0n) is 16.1. The fourth-order valence-corrected chi connectivity index (χ4v) is 4.24. The molecule has 6 heteroatoms. The lowest BCUT2D eigenvalue weighted by Crippen LogP contribution is -2.41. The molecule has 6 nitrogen and oxygen atoms in total. The van der Waals surface area contributed by atoms with Crippen molar-refractivity contribution in [3.63, 3.8) is 0 Å². The van der Waals surface area contributed by atoms with Crippen molar-refractivity contribution in [1.29, 1.82) is 0 Å². The van der Waals surface area contributed by atoms with Gasteiger partial charge in [-0.3, -0.25) is 4.79 Å². The summed E-state index contributed by atoms with van der Waals surface area (Å²) >= 11 is 0. The van der Waals surface area contributed by atoms with Crippen molar-refractivity contribution in [3.8, 4) is 0 Å². The SMILES string of the molecule is CCc1nc2ccccc2n1C1CCN(C(=O)COCC2CCOC2)CC1. The summed E-state index contributed by atoms with van der Waals surface area (Å²) in [7, 11) is 0. The summed E-state index contributed by atoms with van der Waals surface area (Å²) in [6, 6.07) is 8.76. The first-order chi connectivity index (χ1) is 13.3. The quantitative estimate of drug-likeness (QED) is 0.784. The van der Waals surface area contributed by atoms with Crippen LogP contribution in [0.15, 0.2) is 24.3 Å². The Hall–Kier alpha value is -1.92. The molecule has 146 valence electrons. The normalized spacial score (nSPS) is 21.2. The summed E-state index contributed by atoms with van der Waals surface area (Å²) in [4.78, 5) is 19.2. The van der Waals surface area contributed by atoms with Gasteiger partial charge in [-0.05, 0) is 31.4 Å². The van der Waals surface area contributed by atoms with Crippen LogP contribution in [0.3, 0.4) is 0 Å². The third-order valence-corrected chi connectivity index (χ3v) is 5.77. The average molecular weight is 371 g/mol. The van der Waals surface area contributed by atoms with Crippen LogP contribution in [0.1, 0.15) is 38.1 Å². The van der Waals surface area contributed by atoms with Gasteiger partial charge < -0.3 is 18.9 Å². The molecule has 2 saturated heterocycles. The second-order valence-electron chi connectivity index (χ2n) is 7.60. The third-order valence-electron chi connectivity index (χ3n) is 5.77. The maximum atomic E-state index is 12.5. The van der Waals surface area contributed by atoms with Gasteiger partial charge in [0.15, 0.2) is 0 Å². The van der Waals surface area contributed by atoms with E-state index in [1.807, 2.05) is 11.0 Å². The van der Waals surface area contributed by atoms with Gasteiger partial charge in [0.05, 0.1) is 24.2 Å². The highest BCUT2D eigenvalue weighted by atomic mass is 16.5. The Kier molecular flexibility index (Phi) is 5.74. The Morgan fingerprint density at radius 1 is 1.26 bits per heavy atom. The molecule has 1 amide bonds. The smallest absolute Gasteiger partial charge is 0.248 e. The van der Waals surface area contributed by atoms with Gasteiger partial charge in [0.2, 0.25) is 5.91 Å². The molecule has 0 radical (unpaired) electrons. The summed E-state index contributed by atoms with van der Waals surface area (Å²) < 4.78 is 13.4. The van der Waals surface area contributed by atoms with Crippen LogP contribution in [0.2, 0.25) is 0 Å². The molecule has 0 N–H and O–H groups in total. The van der Waals surface area contributed by atoms with E-state index in [2.05, 4.69) is 29.7 Å². The molecule has 2 aliphatic heterocycles. The zero-order chi connectivity index (χ0) is 18.6. The number of aromatic nitrogens is 2. The average Bonchev–Trinajstić information content (AvgIpc) is 3.35. The van der Waals surface area contributed by atoms with E-state index in [9.17, 15) is 4.79 Å². The van der Waals surface area contributed by atoms with Crippen molar-refractivity contribution < 1.29 is 14.3 Å². The Labute approximate surface area is 160 Å². The minimum atomic E-state index is 0.110. The molecule has 1 unspecified atom stereocenters. The second-order valence-corrected chi connectivity index (χ2v) is 7.60. The summed E-state index contributed by atoms with van der Waals surface area (Å²) in [5.41, 5.74) is 2.28. The van der Waals surface area contributed by atoms with Crippen molar-refractivity contribution in [1.82, 2.24) is 14.5 Å². The van der Waals surface area contributed by atoms with Crippen molar-refractivity contribution in [2.45, 2.75) is 38.6 Å². The Balaban J connectivity index is 1.33. The van der Waals surface area contributed by atoms with E-state index in [0.717, 1.165) is 63.3 Å². The first kappa shape index (κ1) is 18.4. The maximum absolute atomic E-state index is 12.5. The highest BCUT2D eigenvalue weighted by Gasteiger charge is 2.26. The van der Waals surface area contributed by atoms with E-state index in [-0.39, 0.29) is 12.5 Å². The van der Waals surface area contributed by atoms with Crippen LogP contribution in [0.5, 0.6) is 0 Å². The van der Waals surface area contributed by atoms with E-state index in [1.165, 1.54) is 5.52 Å². The molecule has 1 aromatic carbocycles. The molecule has 0 spiro atoms. The number of aryl methyl sites for hydroxylation is 1. The molecular weight excluding hydrogens is 342 g/mol. The molecule has 0 saturated carbocycles. The van der Waals surface area contributed by atoms with Gasteiger partial charge in [0.25, 0.3) is 0 Å². The number of likely N-dealkylation sites (tertiary alicyclic amines) is 1. The van der Waals surface area contributed by atoms with E-state index >= 15 is 0 Å². The first-order valence-electron chi connectivity index (χ1n) is 10.2. The molecule has 3 heterocycles. The van der Waals surface area contributed by atoms with E-state index in [0.29, 0.717) is 18.6 Å². The van der Waals surface area contributed by atoms with Crippen molar-refractivity contribution in [3.05, 3.63) is 30.1 Å². The Morgan fingerprint density at radius 3 is 2.81 bits per heavy atom. The standard InChI is InChI=1S/C21H29N3O3/c1-2-20-22-18-5-3-4-6-19(18)24(20)17-7-10-23(11-8-17)21(25)15-27-14-16-9-12-26-13-16/h3-6,16-17H,2,7-15H2,1H3. The molecule has 0 bridgehead atoms. The lowest BCUT2D eigenvalue weighted by molar-refractivity contribution is -0.137. The number of amides is 1. The van der Waals surface area contributed by atoms with Crippen molar-refractivity contribution in [2.75, 3.05) is 39.5 Å². The van der Waals surface area contributed by atoms with Crippen molar-refractivity contribution in [2.24, 2.45) is 5.92 Å². The number of carbonyl (C=O) groups is 1. The van der Waals surface area contributed by atoms with Crippen LogP contribution in [-0.2, 0) is 20.7 Å². The Morgan fingerprint density at radius 2 is 2.07 bits per heavy atom. The van der Waals surface area contributed by atoms with Crippen LogP contribution < -0.4 is 0 Å². The predicted molar refractivity (Wildman–Crippen MR) is 104 cm³/mol. The minimum absolute atomic E-state index is 0.110. The molecule has 2 aliphatic rings. The number of rotatable bonds is 6. The number of nitrogens with zero attached hydrogens (tertiary/aromatic N) is 3. The monoisotopic (exact) mass is 371 g/mol. The lowest BCUT2D eigenvalue weighted by atomic mass is 10.0. The number of imidazole rings is 1. The van der Waals surface area contributed by atoms with Gasteiger partial charge in [-0.1, -0.05) is 19.1 Å². The highest BCUT2D eigenvalue weighted by molar-refractivity contribution is 5.78. The lowest BCUT2D eigenvalue weighted by Gasteiger charge is -2.33. The number of benzene rings is 1. The fourth-order valence-electron chi connectivity index (χ4n) is 4.24. The molecular formula is C21H29N3O3. The molecule has 1 atom stereocenters. The number of carbonyl (C=O) groups excluding carboxylic acids is 1. The number of fused-ring (bicyclic) bond motifs is 1. The van der Waals surface area contributed by atoms with Crippen LogP contribution in [0.4, 0.5) is 0 Å². The summed E-state index contributed by atoms with van der Waals surface area (Å²) in [5.74, 6) is 1.70. The van der Waals surface area contributed by atoms with Gasteiger partial charge in [0.1, 0.15) is 12.4 Å². The van der Waals surface area contributed by atoms with Gasteiger partial charge in [-0.2, -0.15) is 0 Å². The minimum Gasteiger partial charge on any atom is -0.381 e. The largest absolute Gasteiger partial charge is 0.381 e. The number of ether oxygens (including phenoxy) is 2. The van der Waals surface area contributed by atoms with Gasteiger partial charge in [-0.15, -0.1) is 0 Å². The molecule has 4 rings (SSSR count).